The van der Waals surface area contributed by atoms with Crippen molar-refractivity contribution in [2.75, 3.05) is 13.2 Å². The summed E-state index contributed by atoms with van der Waals surface area (Å²) in [6.45, 7) is 3.61. The fourth-order valence-electron chi connectivity index (χ4n) is 3.25. The minimum Gasteiger partial charge on any atom is -0.347 e. The number of ketones is 1. The first-order chi connectivity index (χ1) is 8.77. The predicted octanol–water partition coefficient (Wildman–Crippen LogP) is 3.46. The molecule has 0 aromatic carbocycles. The third-order valence-corrected chi connectivity index (χ3v) is 4.26. The summed E-state index contributed by atoms with van der Waals surface area (Å²) in [6.07, 6.45) is 9.38. The molecule has 0 bridgehead atoms. The van der Waals surface area contributed by atoms with Crippen molar-refractivity contribution in [3.63, 3.8) is 0 Å². The van der Waals surface area contributed by atoms with E-state index in [1.54, 1.807) is 0 Å². The molecule has 3 heteroatoms. The summed E-state index contributed by atoms with van der Waals surface area (Å²) in [5.74, 6) is 0.255. The molecule has 1 aliphatic heterocycles. The van der Waals surface area contributed by atoms with Gasteiger partial charge in [0.1, 0.15) is 5.78 Å². The fourth-order valence-corrected chi connectivity index (χ4v) is 3.25. The summed E-state index contributed by atoms with van der Waals surface area (Å²) in [4.78, 5) is 11.6. The Labute approximate surface area is 110 Å². The SMILES string of the molecule is CCCCCCC1(C2CCCC(=O)C2)OCCO1. The Bertz CT molecular complexity index is 269. The number of carbonyl (C=O) groups excluding carboxylic acids is 1. The first-order valence-corrected chi connectivity index (χ1v) is 7.56. The first-order valence-electron chi connectivity index (χ1n) is 7.56. The largest absolute Gasteiger partial charge is 0.347 e. The lowest BCUT2D eigenvalue weighted by atomic mass is 9.80. The molecule has 2 fully saturated rings. The van der Waals surface area contributed by atoms with Crippen LogP contribution in [0.4, 0.5) is 0 Å². The highest BCUT2D eigenvalue weighted by Crippen LogP contribution is 2.40. The van der Waals surface area contributed by atoms with Crippen molar-refractivity contribution >= 4 is 5.78 Å². The molecule has 2 rings (SSSR count). The van der Waals surface area contributed by atoms with Gasteiger partial charge in [0, 0.05) is 25.2 Å². The molecule has 1 unspecified atom stereocenters. The van der Waals surface area contributed by atoms with E-state index >= 15 is 0 Å². The maximum Gasteiger partial charge on any atom is 0.171 e. The smallest absolute Gasteiger partial charge is 0.171 e. The molecule has 1 aliphatic carbocycles. The Hall–Kier alpha value is -0.410. The van der Waals surface area contributed by atoms with Crippen LogP contribution < -0.4 is 0 Å². The van der Waals surface area contributed by atoms with Gasteiger partial charge < -0.3 is 9.47 Å². The molecule has 0 spiro atoms. The molecule has 1 saturated heterocycles. The highest BCUT2D eigenvalue weighted by atomic mass is 16.7. The van der Waals surface area contributed by atoms with E-state index in [0.29, 0.717) is 31.3 Å². The van der Waals surface area contributed by atoms with Gasteiger partial charge in [-0.1, -0.05) is 26.2 Å². The van der Waals surface area contributed by atoms with Gasteiger partial charge in [0.2, 0.25) is 0 Å². The average molecular weight is 254 g/mol. The van der Waals surface area contributed by atoms with Gasteiger partial charge in [-0.3, -0.25) is 4.79 Å². The summed E-state index contributed by atoms with van der Waals surface area (Å²) in [5, 5.41) is 0. The van der Waals surface area contributed by atoms with Crippen LogP contribution in [0.3, 0.4) is 0 Å². The molecule has 104 valence electrons. The van der Waals surface area contributed by atoms with Crippen LogP contribution in [0.15, 0.2) is 0 Å². The van der Waals surface area contributed by atoms with Crippen LogP contribution in [0.2, 0.25) is 0 Å². The predicted molar refractivity (Wildman–Crippen MR) is 70.4 cm³/mol. The highest BCUT2D eigenvalue weighted by molar-refractivity contribution is 5.79. The third kappa shape index (κ3) is 3.33. The minimum absolute atomic E-state index is 0.294. The summed E-state index contributed by atoms with van der Waals surface area (Å²) >= 11 is 0. The van der Waals surface area contributed by atoms with E-state index in [0.717, 1.165) is 32.1 Å². The van der Waals surface area contributed by atoms with E-state index in [9.17, 15) is 4.79 Å². The van der Waals surface area contributed by atoms with Crippen LogP contribution in [0.5, 0.6) is 0 Å². The second-order valence-corrected chi connectivity index (χ2v) is 5.65. The lowest BCUT2D eigenvalue weighted by Crippen LogP contribution is -2.42. The minimum atomic E-state index is -0.427. The molecule has 1 heterocycles. The maximum absolute atomic E-state index is 11.6. The van der Waals surface area contributed by atoms with Gasteiger partial charge in [-0.05, 0) is 19.3 Å². The standard InChI is InChI=1S/C15H26O3/c1-2-3-4-5-9-15(17-10-11-18-15)13-7-6-8-14(16)12-13/h13H,2-12H2,1H3. The Morgan fingerprint density at radius 1 is 1.22 bits per heavy atom. The molecule has 1 saturated carbocycles. The molecule has 1 atom stereocenters. The molecule has 0 aromatic rings. The Balaban J connectivity index is 1.90. The van der Waals surface area contributed by atoms with E-state index < -0.39 is 5.79 Å². The van der Waals surface area contributed by atoms with Crippen LogP contribution in [0.25, 0.3) is 0 Å². The van der Waals surface area contributed by atoms with Gasteiger partial charge >= 0.3 is 0 Å². The molecule has 3 nitrogen and oxygen atoms in total. The molecule has 0 amide bonds. The number of Topliss-reactive ketones (excluding diaryl/α,β-unsaturated/α-hetero) is 1. The second kappa shape index (κ2) is 6.67. The fraction of sp³-hybridized carbons (Fsp3) is 0.933. The number of unbranched alkanes of at least 4 members (excludes halogenated alkanes) is 3. The molecule has 18 heavy (non-hydrogen) atoms. The number of hydrogen-bond acceptors (Lipinski definition) is 3. The van der Waals surface area contributed by atoms with Crippen LogP contribution in [-0.4, -0.2) is 24.8 Å². The van der Waals surface area contributed by atoms with Crippen LogP contribution in [0, 0.1) is 5.92 Å². The van der Waals surface area contributed by atoms with Crippen molar-refractivity contribution in [3.05, 3.63) is 0 Å². The maximum atomic E-state index is 11.6. The van der Waals surface area contributed by atoms with Crippen molar-refractivity contribution < 1.29 is 14.3 Å². The first kappa shape index (κ1) is 14.0. The lowest BCUT2D eigenvalue weighted by molar-refractivity contribution is -0.207. The number of ether oxygens (including phenoxy) is 2. The Morgan fingerprint density at radius 3 is 2.67 bits per heavy atom. The van der Waals surface area contributed by atoms with Gasteiger partial charge in [-0.25, -0.2) is 0 Å². The average Bonchev–Trinajstić information content (AvgIpc) is 2.85. The monoisotopic (exact) mass is 254 g/mol. The zero-order valence-electron chi connectivity index (χ0n) is 11.6. The molecule has 0 aromatic heterocycles. The molecule has 0 radical (unpaired) electrons. The van der Waals surface area contributed by atoms with Gasteiger partial charge in [-0.15, -0.1) is 0 Å². The van der Waals surface area contributed by atoms with Crippen molar-refractivity contribution in [2.24, 2.45) is 5.92 Å². The zero-order chi connectivity index (χ0) is 12.8. The van der Waals surface area contributed by atoms with Crippen LogP contribution in [-0.2, 0) is 14.3 Å². The summed E-state index contributed by atoms with van der Waals surface area (Å²) in [7, 11) is 0. The van der Waals surface area contributed by atoms with Crippen molar-refractivity contribution in [2.45, 2.75) is 70.5 Å². The third-order valence-electron chi connectivity index (χ3n) is 4.26. The summed E-state index contributed by atoms with van der Waals surface area (Å²) < 4.78 is 11.9. The topological polar surface area (TPSA) is 35.5 Å². The highest BCUT2D eigenvalue weighted by Gasteiger charge is 2.45. The van der Waals surface area contributed by atoms with E-state index in [-0.39, 0.29) is 0 Å². The molecular formula is C15H26O3. The van der Waals surface area contributed by atoms with Crippen molar-refractivity contribution in [3.8, 4) is 0 Å². The number of hydrogen-bond donors (Lipinski definition) is 0. The summed E-state index contributed by atoms with van der Waals surface area (Å²) in [6, 6.07) is 0. The quantitative estimate of drug-likeness (QED) is 0.681. The van der Waals surface area contributed by atoms with Crippen molar-refractivity contribution in [1.82, 2.24) is 0 Å². The molecular weight excluding hydrogens is 228 g/mol. The van der Waals surface area contributed by atoms with Gasteiger partial charge in [0.05, 0.1) is 13.2 Å². The molecule has 2 aliphatic rings. The van der Waals surface area contributed by atoms with Crippen molar-refractivity contribution in [1.29, 1.82) is 0 Å². The lowest BCUT2D eigenvalue weighted by Gasteiger charge is -2.37. The van der Waals surface area contributed by atoms with Gasteiger partial charge in [0.25, 0.3) is 0 Å². The van der Waals surface area contributed by atoms with E-state index in [4.69, 9.17) is 9.47 Å². The summed E-state index contributed by atoms with van der Waals surface area (Å²) in [5.41, 5.74) is 0. The van der Waals surface area contributed by atoms with Crippen LogP contribution in [0.1, 0.15) is 64.7 Å². The number of rotatable bonds is 6. The van der Waals surface area contributed by atoms with E-state index in [2.05, 4.69) is 6.92 Å². The van der Waals surface area contributed by atoms with Gasteiger partial charge in [-0.2, -0.15) is 0 Å². The molecule has 0 N–H and O–H groups in total. The normalized spacial score (nSPS) is 27.6. The van der Waals surface area contributed by atoms with E-state index in [1.807, 2.05) is 0 Å². The van der Waals surface area contributed by atoms with Gasteiger partial charge in [0.15, 0.2) is 5.79 Å². The zero-order valence-corrected chi connectivity index (χ0v) is 11.6. The Morgan fingerprint density at radius 2 is 2.00 bits per heavy atom. The number of carbonyl (C=O) groups is 1. The second-order valence-electron chi connectivity index (χ2n) is 5.65. The van der Waals surface area contributed by atoms with E-state index in [1.165, 1.54) is 19.3 Å². The Kier molecular flexibility index (Phi) is 5.19. The van der Waals surface area contributed by atoms with Crippen LogP contribution >= 0.6 is 0 Å².